The molecule has 1 heterocycles. The maximum absolute atomic E-state index is 5.89. The number of nitrogens with zero attached hydrogens (tertiary/aromatic N) is 1. The fraction of sp³-hybridized carbons (Fsp3) is 0.722. The van der Waals surface area contributed by atoms with Crippen molar-refractivity contribution in [2.24, 2.45) is 5.92 Å². The van der Waals surface area contributed by atoms with E-state index in [0.29, 0.717) is 5.92 Å². The molecule has 0 radical (unpaired) electrons. The minimum atomic E-state index is 0.103. The highest BCUT2D eigenvalue weighted by molar-refractivity contribution is 5.15. The van der Waals surface area contributed by atoms with Gasteiger partial charge in [-0.3, -0.25) is 0 Å². The van der Waals surface area contributed by atoms with Crippen LogP contribution in [0.15, 0.2) is 18.2 Å². The first-order valence-corrected chi connectivity index (χ1v) is 8.28. The van der Waals surface area contributed by atoms with Crippen LogP contribution in [-0.2, 0) is 6.54 Å². The van der Waals surface area contributed by atoms with Gasteiger partial charge in [-0.15, -0.1) is 0 Å². The summed E-state index contributed by atoms with van der Waals surface area (Å²) in [4.78, 5) is 4.58. The maximum atomic E-state index is 5.89. The van der Waals surface area contributed by atoms with Crippen LogP contribution in [0.25, 0.3) is 0 Å². The Labute approximate surface area is 130 Å². The van der Waals surface area contributed by atoms with Gasteiger partial charge in [0, 0.05) is 18.2 Å². The first-order valence-electron chi connectivity index (χ1n) is 8.28. The van der Waals surface area contributed by atoms with E-state index in [4.69, 9.17) is 4.74 Å². The minimum Gasteiger partial charge on any atom is -0.477 e. The van der Waals surface area contributed by atoms with E-state index in [1.165, 1.54) is 25.7 Å². The molecule has 21 heavy (non-hydrogen) atoms. The zero-order valence-corrected chi connectivity index (χ0v) is 14.4. The molecule has 1 unspecified atom stereocenters. The highest BCUT2D eigenvalue weighted by Crippen LogP contribution is 2.15. The van der Waals surface area contributed by atoms with E-state index < -0.39 is 0 Å². The summed E-state index contributed by atoms with van der Waals surface area (Å²) in [5.74, 6) is 1.39. The average Bonchev–Trinajstić information content (AvgIpc) is 2.45. The van der Waals surface area contributed by atoms with Gasteiger partial charge in [0.15, 0.2) is 0 Å². The Hall–Kier alpha value is -1.09. The molecule has 0 spiro atoms. The van der Waals surface area contributed by atoms with Gasteiger partial charge in [0.25, 0.3) is 0 Å². The first kappa shape index (κ1) is 18.0. The molecule has 0 saturated heterocycles. The van der Waals surface area contributed by atoms with Crippen LogP contribution >= 0.6 is 0 Å². The van der Waals surface area contributed by atoms with Crippen LogP contribution in [0.4, 0.5) is 0 Å². The van der Waals surface area contributed by atoms with Gasteiger partial charge in [-0.2, -0.15) is 0 Å². The van der Waals surface area contributed by atoms with Crippen LogP contribution in [-0.4, -0.2) is 17.1 Å². The van der Waals surface area contributed by atoms with Gasteiger partial charge in [0.05, 0.1) is 12.3 Å². The summed E-state index contributed by atoms with van der Waals surface area (Å²) < 4.78 is 5.89. The maximum Gasteiger partial charge on any atom is 0.213 e. The van der Waals surface area contributed by atoms with Gasteiger partial charge in [-0.25, -0.2) is 4.98 Å². The van der Waals surface area contributed by atoms with Crippen LogP contribution in [0.2, 0.25) is 0 Å². The molecule has 3 heteroatoms. The molecule has 0 saturated carbocycles. The largest absolute Gasteiger partial charge is 0.477 e. The first-order chi connectivity index (χ1) is 9.94. The zero-order valence-electron chi connectivity index (χ0n) is 14.4. The van der Waals surface area contributed by atoms with Crippen LogP contribution in [0.5, 0.6) is 5.88 Å². The molecule has 1 aromatic heterocycles. The van der Waals surface area contributed by atoms with Crippen molar-refractivity contribution in [3.8, 4) is 5.88 Å². The van der Waals surface area contributed by atoms with Gasteiger partial charge in [0.2, 0.25) is 5.88 Å². The third-order valence-corrected chi connectivity index (χ3v) is 3.59. The lowest BCUT2D eigenvalue weighted by Gasteiger charge is -2.20. The molecule has 0 fully saturated rings. The fourth-order valence-electron chi connectivity index (χ4n) is 2.09. The number of ether oxygens (including phenoxy) is 1. The normalized spacial score (nSPS) is 13.2. The molecule has 1 aromatic rings. The van der Waals surface area contributed by atoms with Crippen LogP contribution < -0.4 is 10.1 Å². The smallest absolute Gasteiger partial charge is 0.213 e. The lowest BCUT2D eigenvalue weighted by atomic mass is 10.0. The lowest BCUT2D eigenvalue weighted by Crippen LogP contribution is -2.35. The Balaban J connectivity index is 2.48. The lowest BCUT2D eigenvalue weighted by molar-refractivity contribution is 0.225. The van der Waals surface area contributed by atoms with Crippen LogP contribution in [0, 0.1) is 5.92 Å². The molecule has 0 bridgehead atoms. The highest BCUT2D eigenvalue weighted by atomic mass is 16.5. The summed E-state index contributed by atoms with van der Waals surface area (Å²) in [7, 11) is 0. The Morgan fingerprint density at radius 2 is 2.00 bits per heavy atom. The number of pyridine rings is 1. The van der Waals surface area contributed by atoms with E-state index in [1.807, 2.05) is 18.2 Å². The summed E-state index contributed by atoms with van der Waals surface area (Å²) in [5.41, 5.74) is 1.13. The second kappa shape index (κ2) is 9.04. The predicted molar refractivity (Wildman–Crippen MR) is 89.6 cm³/mol. The summed E-state index contributed by atoms with van der Waals surface area (Å²) >= 11 is 0. The molecule has 1 rings (SSSR count). The van der Waals surface area contributed by atoms with Crippen molar-refractivity contribution in [3.05, 3.63) is 23.9 Å². The van der Waals surface area contributed by atoms with Gasteiger partial charge in [0.1, 0.15) is 0 Å². The van der Waals surface area contributed by atoms with Crippen molar-refractivity contribution in [1.82, 2.24) is 10.3 Å². The molecular formula is C18H32N2O. The van der Waals surface area contributed by atoms with Gasteiger partial charge in [-0.1, -0.05) is 39.2 Å². The third kappa shape index (κ3) is 8.05. The molecule has 3 nitrogen and oxygen atoms in total. The molecule has 0 aromatic carbocycles. The van der Waals surface area contributed by atoms with Crippen molar-refractivity contribution in [2.45, 2.75) is 72.4 Å². The highest BCUT2D eigenvalue weighted by Gasteiger charge is 2.10. The van der Waals surface area contributed by atoms with Crippen molar-refractivity contribution in [1.29, 1.82) is 0 Å². The molecule has 0 aliphatic heterocycles. The summed E-state index contributed by atoms with van der Waals surface area (Å²) in [5, 5.41) is 3.45. The molecule has 0 amide bonds. The Morgan fingerprint density at radius 1 is 1.24 bits per heavy atom. The van der Waals surface area contributed by atoms with Crippen molar-refractivity contribution in [2.75, 3.05) is 6.61 Å². The van der Waals surface area contributed by atoms with Crippen LogP contribution in [0.1, 0.15) is 66.0 Å². The van der Waals surface area contributed by atoms with E-state index in [9.17, 15) is 0 Å². The van der Waals surface area contributed by atoms with Gasteiger partial charge >= 0.3 is 0 Å². The van der Waals surface area contributed by atoms with E-state index >= 15 is 0 Å². The minimum absolute atomic E-state index is 0.103. The van der Waals surface area contributed by atoms with Gasteiger partial charge in [-0.05, 0) is 39.2 Å². The van der Waals surface area contributed by atoms with E-state index in [0.717, 1.165) is 24.7 Å². The number of aromatic nitrogens is 1. The summed E-state index contributed by atoms with van der Waals surface area (Å²) in [6.45, 7) is 12.5. The molecule has 1 atom stereocenters. The number of nitrogens with one attached hydrogen (secondary N) is 1. The van der Waals surface area contributed by atoms with E-state index in [2.05, 4.69) is 44.9 Å². The molecular weight excluding hydrogens is 260 g/mol. The summed E-state index contributed by atoms with van der Waals surface area (Å²) in [6.07, 6.45) is 4.96. The van der Waals surface area contributed by atoms with Crippen molar-refractivity contribution < 1.29 is 4.74 Å². The molecule has 0 aliphatic carbocycles. The molecule has 120 valence electrons. The van der Waals surface area contributed by atoms with Crippen molar-refractivity contribution in [3.63, 3.8) is 0 Å². The van der Waals surface area contributed by atoms with Crippen molar-refractivity contribution >= 4 is 0 Å². The predicted octanol–water partition coefficient (Wildman–Crippen LogP) is 4.56. The second-order valence-corrected chi connectivity index (χ2v) is 6.80. The quantitative estimate of drug-likeness (QED) is 0.724. The van der Waals surface area contributed by atoms with E-state index in [-0.39, 0.29) is 5.54 Å². The standard InChI is InChI=1S/C18H32N2O/c1-6-8-10-15(7-2)14-21-17-12-9-11-16(20-17)13-19-18(3,4)5/h9,11-12,15,19H,6-8,10,13-14H2,1-5H3. The number of hydrogen-bond acceptors (Lipinski definition) is 3. The number of rotatable bonds is 9. The number of hydrogen-bond donors (Lipinski definition) is 1. The Kier molecular flexibility index (Phi) is 7.73. The summed E-state index contributed by atoms with van der Waals surface area (Å²) in [6, 6.07) is 6.02. The molecule has 0 aliphatic rings. The Bertz CT molecular complexity index is 398. The zero-order chi connectivity index (χ0) is 15.7. The van der Waals surface area contributed by atoms with Crippen LogP contribution in [0.3, 0.4) is 0 Å². The third-order valence-electron chi connectivity index (χ3n) is 3.59. The number of unbranched alkanes of at least 4 members (excludes halogenated alkanes) is 1. The monoisotopic (exact) mass is 292 g/mol. The van der Waals surface area contributed by atoms with Gasteiger partial charge < -0.3 is 10.1 Å². The van der Waals surface area contributed by atoms with E-state index in [1.54, 1.807) is 0 Å². The fourth-order valence-corrected chi connectivity index (χ4v) is 2.09. The molecule has 1 N–H and O–H groups in total. The average molecular weight is 292 g/mol. The Morgan fingerprint density at radius 3 is 2.62 bits per heavy atom. The SMILES string of the molecule is CCCCC(CC)COc1cccc(CNC(C)(C)C)n1. The topological polar surface area (TPSA) is 34.1 Å². The second-order valence-electron chi connectivity index (χ2n) is 6.80.